The normalized spacial score (nSPS) is 12.6. The van der Waals surface area contributed by atoms with Gasteiger partial charge >= 0.3 is 6.09 Å². The summed E-state index contributed by atoms with van der Waals surface area (Å²) in [5, 5.41) is 2.86. The summed E-state index contributed by atoms with van der Waals surface area (Å²) in [6.07, 6.45) is 3.73. The minimum Gasteiger partial charge on any atom is -0.444 e. The van der Waals surface area contributed by atoms with E-state index < -0.39 is 11.7 Å². The SMILES string of the molecule is Bc1cc([C@H](CC=C)NC(=O)OC(C)(C)C)ccn1. The van der Waals surface area contributed by atoms with Crippen molar-refractivity contribution in [2.24, 2.45) is 0 Å². The van der Waals surface area contributed by atoms with Crippen LogP contribution < -0.4 is 10.9 Å². The number of hydrogen-bond donors (Lipinski definition) is 1. The number of aromatic nitrogens is 1. The third kappa shape index (κ3) is 5.59. The van der Waals surface area contributed by atoms with Crippen LogP contribution in [0.15, 0.2) is 31.0 Å². The highest BCUT2D eigenvalue weighted by atomic mass is 16.6. The average Bonchev–Trinajstić information content (AvgIpc) is 2.26. The molecule has 1 N–H and O–H groups in total. The van der Waals surface area contributed by atoms with E-state index in [1.165, 1.54) is 0 Å². The van der Waals surface area contributed by atoms with Gasteiger partial charge in [0.15, 0.2) is 7.85 Å². The largest absolute Gasteiger partial charge is 0.444 e. The highest BCUT2D eigenvalue weighted by Crippen LogP contribution is 2.17. The smallest absolute Gasteiger partial charge is 0.408 e. The lowest BCUT2D eigenvalue weighted by atomic mass is 9.97. The predicted molar refractivity (Wildman–Crippen MR) is 79.3 cm³/mol. The highest BCUT2D eigenvalue weighted by Gasteiger charge is 2.19. The van der Waals surface area contributed by atoms with Crippen LogP contribution in [0.25, 0.3) is 0 Å². The summed E-state index contributed by atoms with van der Waals surface area (Å²) < 4.78 is 5.27. The molecule has 0 aliphatic rings. The molecule has 1 atom stereocenters. The van der Waals surface area contributed by atoms with Crippen LogP contribution in [-0.4, -0.2) is 24.5 Å². The lowest BCUT2D eigenvalue weighted by Gasteiger charge is -2.23. The van der Waals surface area contributed by atoms with E-state index in [-0.39, 0.29) is 6.04 Å². The van der Waals surface area contributed by atoms with E-state index in [1.807, 2.05) is 40.8 Å². The maximum Gasteiger partial charge on any atom is 0.408 e. The number of hydrogen-bond acceptors (Lipinski definition) is 3. The Kier molecular flexibility index (Phi) is 5.15. The van der Waals surface area contributed by atoms with Gasteiger partial charge in [0.05, 0.1) is 6.04 Å². The van der Waals surface area contributed by atoms with Crippen LogP contribution in [0, 0.1) is 0 Å². The summed E-state index contributed by atoms with van der Waals surface area (Å²) in [4.78, 5) is 16.0. The second-order valence-corrected chi connectivity index (χ2v) is 5.45. The van der Waals surface area contributed by atoms with Gasteiger partial charge in [-0.15, -0.1) is 6.58 Å². The zero-order chi connectivity index (χ0) is 14.5. The van der Waals surface area contributed by atoms with Crippen molar-refractivity contribution in [2.75, 3.05) is 0 Å². The quantitative estimate of drug-likeness (QED) is 0.659. The Balaban J connectivity index is 2.78. The number of nitrogens with one attached hydrogen (secondary N) is 1. The second kappa shape index (κ2) is 6.41. The van der Waals surface area contributed by atoms with Gasteiger partial charge in [0.25, 0.3) is 0 Å². The van der Waals surface area contributed by atoms with Gasteiger partial charge in [-0.05, 0) is 50.5 Å². The van der Waals surface area contributed by atoms with Crippen molar-refractivity contribution >= 4 is 19.5 Å². The van der Waals surface area contributed by atoms with Crippen molar-refractivity contribution in [3.63, 3.8) is 0 Å². The van der Waals surface area contributed by atoms with E-state index in [2.05, 4.69) is 16.9 Å². The van der Waals surface area contributed by atoms with Crippen molar-refractivity contribution in [3.05, 3.63) is 36.5 Å². The second-order valence-electron chi connectivity index (χ2n) is 5.45. The molecule has 4 nitrogen and oxygen atoms in total. The summed E-state index contributed by atoms with van der Waals surface area (Å²) in [7, 11) is 1.92. The van der Waals surface area contributed by atoms with Crippen molar-refractivity contribution in [3.8, 4) is 0 Å². The molecule has 1 amide bonds. The molecule has 0 spiro atoms. The minimum atomic E-state index is -0.503. The number of pyridine rings is 1. The van der Waals surface area contributed by atoms with E-state index in [9.17, 15) is 4.79 Å². The Morgan fingerprint density at radius 3 is 2.84 bits per heavy atom. The van der Waals surface area contributed by atoms with Gasteiger partial charge in [-0.1, -0.05) is 6.08 Å². The molecule has 0 aromatic carbocycles. The summed E-state index contributed by atoms with van der Waals surface area (Å²) >= 11 is 0. The lowest BCUT2D eigenvalue weighted by Crippen LogP contribution is -2.35. The molecule has 102 valence electrons. The summed E-state index contributed by atoms with van der Waals surface area (Å²) in [5.74, 6) is 0. The molecule has 0 unspecified atom stereocenters. The van der Waals surface area contributed by atoms with Gasteiger partial charge in [-0.25, -0.2) is 4.79 Å². The fourth-order valence-corrected chi connectivity index (χ4v) is 1.68. The molecule has 19 heavy (non-hydrogen) atoms. The van der Waals surface area contributed by atoms with E-state index in [4.69, 9.17) is 4.74 Å². The van der Waals surface area contributed by atoms with Crippen LogP contribution in [0.1, 0.15) is 38.8 Å². The maximum atomic E-state index is 11.8. The predicted octanol–water partition coefficient (Wildman–Crippen LogP) is 1.48. The first-order valence-corrected chi connectivity index (χ1v) is 6.35. The Morgan fingerprint density at radius 2 is 2.32 bits per heavy atom. The number of amides is 1. The average molecular weight is 260 g/mol. The topological polar surface area (TPSA) is 51.2 Å². The highest BCUT2D eigenvalue weighted by molar-refractivity contribution is 6.30. The third-order valence-electron chi connectivity index (χ3n) is 2.42. The molecule has 1 aromatic rings. The van der Waals surface area contributed by atoms with Gasteiger partial charge in [0.1, 0.15) is 5.60 Å². The molecule has 0 aliphatic carbocycles. The molecule has 0 fully saturated rings. The Bertz CT molecular complexity index is 455. The molecule has 5 heteroatoms. The number of carbonyl (C=O) groups is 1. The first-order valence-electron chi connectivity index (χ1n) is 6.35. The Morgan fingerprint density at radius 1 is 1.63 bits per heavy atom. The van der Waals surface area contributed by atoms with Crippen LogP contribution in [0.2, 0.25) is 0 Å². The number of rotatable bonds is 4. The summed E-state index contributed by atoms with van der Waals surface area (Å²) in [5.41, 5.74) is 1.41. The lowest BCUT2D eigenvalue weighted by molar-refractivity contribution is 0.0504. The molecule has 0 saturated carbocycles. The standard InChI is InChI=1S/C14H21BN2O2/c1-5-6-11(10-7-8-16-12(15)9-10)17-13(18)19-14(2,3)4/h5,7-9,11H,1,6,15H2,2-4H3,(H,17,18)/t11-/m0/s1. The Labute approximate surface area is 115 Å². The monoisotopic (exact) mass is 260 g/mol. The van der Waals surface area contributed by atoms with Crippen LogP contribution >= 0.6 is 0 Å². The van der Waals surface area contributed by atoms with Crippen molar-refractivity contribution in [1.82, 2.24) is 10.3 Å². The van der Waals surface area contributed by atoms with Crippen LogP contribution in [0.4, 0.5) is 4.79 Å². The van der Waals surface area contributed by atoms with Crippen LogP contribution in [0.5, 0.6) is 0 Å². The van der Waals surface area contributed by atoms with Crippen molar-refractivity contribution < 1.29 is 9.53 Å². The zero-order valence-corrected chi connectivity index (χ0v) is 12.1. The molecule has 1 heterocycles. The number of carbonyl (C=O) groups excluding carboxylic acids is 1. The first-order chi connectivity index (χ1) is 8.81. The maximum absolute atomic E-state index is 11.8. The molecule has 0 saturated heterocycles. The van der Waals surface area contributed by atoms with Gasteiger partial charge in [-0.3, -0.25) is 4.98 Å². The molecular formula is C14H21BN2O2. The van der Waals surface area contributed by atoms with Gasteiger partial charge < -0.3 is 10.1 Å². The van der Waals surface area contributed by atoms with Crippen molar-refractivity contribution in [2.45, 2.75) is 38.8 Å². The minimum absolute atomic E-state index is 0.144. The number of nitrogens with zero attached hydrogens (tertiary/aromatic N) is 1. The molecule has 0 aliphatic heterocycles. The number of alkyl carbamates (subject to hydrolysis) is 1. The fourth-order valence-electron chi connectivity index (χ4n) is 1.68. The zero-order valence-electron chi connectivity index (χ0n) is 12.1. The van der Waals surface area contributed by atoms with Gasteiger partial charge in [0.2, 0.25) is 0 Å². The van der Waals surface area contributed by atoms with E-state index in [1.54, 1.807) is 12.3 Å². The Hall–Kier alpha value is -1.78. The van der Waals surface area contributed by atoms with E-state index in [0.29, 0.717) is 6.42 Å². The summed E-state index contributed by atoms with van der Waals surface area (Å²) in [6.45, 7) is 9.24. The van der Waals surface area contributed by atoms with E-state index >= 15 is 0 Å². The van der Waals surface area contributed by atoms with E-state index in [0.717, 1.165) is 11.2 Å². The number of ether oxygens (including phenoxy) is 1. The summed E-state index contributed by atoms with van der Waals surface area (Å²) in [6, 6.07) is 3.69. The molecule has 0 bridgehead atoms. The van der Waals surface area contributed by atoms with Crippen molar-refractivity contribution in [1.29, 1.82) is 0 Å². The molecule has 1 rings (SSSR count). The van der Waals surface area contributed by atoms with Gasteiger partial charge in [0, 0.05) is 6.20 Å². The fraction of sp³-hybridized carbons (Fsp3) is 0.429. The molecular weight excluding hydrogens is 239 g/mol. The third-order valence-corrected chi connectivity index (χ3v) is 2.42. The molecule has 1 aromatic heterocycles. The first kappa shape index (κ1) is 15.3. The molecule has 0 radical (unpaired) electrons. The van der Waals surface area contributed by atoms with Crippen LogP contribution in [-0.2, 0) is 4.74 Å². The van der Waals surface area contributed by atoms with Crippen LogP contribution in [0.3, 0.4) is 0 Å². The van der Waals surface area contributed by atoms with Gasteiger partial charge in [-0.2, -0.15) is 0 Å².